The summed E-state index contributed by atoms with van der Waals surface area (Å²) in [5.74, 6) is -2.46. The first-order chi connectivity index (χ1) is 12.8. The summed E-state index contributed by atoms with van der Waals surface area (Å²) in [6.07, 6.45) is 0.704. The molecule has 3 amide bonds. The molecule has 2 fully saturated rings. The molecule has 152 valence electrons. The van der Waals surface area contributed by atoms with Gasteiger partial charge in [-0.3, -0.25) is 14.4 Å². The minimum absolute atomic E-state index is 0.178. The SMILES string of the molecule is CCCNC(=O)[C@H]1O[C@@H]1C(=O)N[C@H](C(=O)N1CCC[C@H]1C(=O)O)C(C)CC. The third kappa shape index (κ3) is 4.97. The number of amides is 3. The molecule has 3 N–H and O–H groups in total. The number of carboxylic acids is 1. The Hall–Kier alpha value is -2.16. The lowest BCUT2D eigenvalue weighted by molar-refractivity contribution is -0.150. The molecule has 0 aromatic carbocycles. The molecule has 2 saturated heterocycles. The van der Waals surface area contributed by atoms with Crippen LogP contribution in [0.5, 0.6) is 0 Å². The molecular weight excluding hydrogens is 354 g/mol. The molecule has 2 aliphatic rings. The summed E-state index contributed by atoms with van der Waals surface area (Å²) < 4.78 is 5.17. The van der Waals surface area contributed by atoms with E-state index in [-0.39, 0.29) is 11.8 Å². The van der Waals surface area contributed by atoms with Crippen LogP contribution in [-0.4, -0.2) is 71.1 Å². The van der Waals surface area contributed by atoms with Gasteiger partial charge in [0, 0.05) is 13.1 Å². The molecule has 2 aliphatic heterocycles. The van der Waals surface area contributed by atoms with Crippen LogP contribution in [-0.2, 0) is 23.9 Å². The molecule has 0 aliphatic carbocycles. The maximum absolute atomic E-state index is 12.9. The Labute approximate surface area is 158 Å². The van der Waals surface area contributed by atoms with Crippen molar-refractivity contribution >= 4 is 23.7 Å². The molecule has 2 rings (SSSR count). The average molecular weight is 383 g/mol. The Balaban J connectivity index is 2.01. The number of epoxide rings is 1. The zero-order valence-electron chi connectivity index (χ0n) is 16.1. The van der Waals surface area contributed by atoms with Crippen molar-refractivity contribution < 1.29 is 29.0 Å². The Bertz CT molecular complexity index is 596. The van der Waals surface area contributed by atoms with Gasteiger partial charge in [0.25, 0.3) is 11.8 Å². The lowest BCUT2D eigenvalue weighted by atomic mass is 9.97. The fourth-order valence-corrected chi connectivity index (χ4v) is 3.24. The van der Waals surface area contributed by atoms with Gasteiger partial charge in [0.2, 0.25) is 5.91 Å². The smallest absolute Gasteiger partial charge is 0.326 e. The van der Waals surface area contributed by atoms with E-state index >= 15 is 0 Å². The van der Waals surface area contributed by atoms with E-state index in [1.54, 1.807) is 0 Å². The van der Waals surface area contributed by atoms with Crippen LogP contribution in [0.15, 0.2) is 0 Å². The molecule has 0 spiro atoms. The molecule has 0 aromatic rings. The van der Waals surface area contributed by atoms with Crippen LogP contribution in [0.3, 0.4) is 0 Å². The Morgan fingerprint density at radius 3 is 2.44 bits per heavy atom. The normalized spacial score (nSPS) is 26.2. The monoisotopic (exact) mass is 383 g/mol. The topological polar surface area (TPSA) is 128 Å². The van der Waals surface area contributed by atoms with E-state index < -0.39 is 42.1 Å². The predicted octanol–water partition coefficient (Wildman–Crippen LogP) is -0.113. The first-order valence-corrected chi connectivity index (χ1v) is 9.58. The van der Waals surface area contributed by atoms with Gasteiger partial charge in [0.05, 0.1) is 0 Å². The molecular formula is C18H29N3O6. The second kappa shape index (κ2) is 9.16. The van der Waals surface area contributed by atoms with E-state index in [1.165, 1.54) is 4.90 Å². The highest BCUT2D eigenvalue weighted by Gasteiger charge is 2.51. The standard InChI is InChI=1S/C18H29N3O6/c1-4-8-19-15(22)13-14(27-13)16(23)20-12(10(3)5-2)17(24)21-9-6-7-11(21)18(25)26/h10-14H,4-9H2,1-3H3,(H,19,22)(H,20,23)(H,25,26)/t10?,11-,12-,13-,14-/m0/s1. The minimum Gasteiger partial charge on any atom is -0.480 e. The molecule has 1 unspecified atom stereocenters. The highest BCUT2D eigenvalue weighted by Crippen LogP contribution is 2.25. The molecule has 9 heteroatoms. The fraction of sp³-hybridized carbons (Fsp3) is 0.778. The summed E-state index contributed by atoms with van der Waals surface area (Å²) in [7, 11) is 0. The Kier molecular flexibility index (Phi) is 7.18. The van der Waals surface area contributed by atoms with Gasteiger partial charge >= 0.3 is 5.97 Å². The molecule has 0 bridgehead atoms. The van der Waals surface area contributed by atoms with Crippen LogP contribution in [0, 0.1) is 5.92 Å². The van der Waals surface area contributed by atoms with Crippen molar-refractivity contribution in [3.8, 4) is 0 Å². The predicted molar refractivity (Wildman–Crippen MR) is 95.7 cm³/mol. The lowest BCUT2D eigenvalue weighted by Gasteiger charge is -2.30. The summed E-state index contributed by atoms with van der Waals surface area (Å²) in [5, 5.41) is 14.7. The third-order valence-electron chi connectivity index (χ3n) is 5.16. The summed E-state index contributed by atoms with van der Waals surface area (Å²) in [4.78, 5) is 49.9. The zero-order chi connectivity index (χ0) is 20.1. The van der Waals surface area contributed by atoms with E-state index in [0.29, 0.717) is 32.4 Å². The summed E-state index contributed by atoms with van der Waals surface area (Å²) in [6, 6.07) is -1.70. The number of hydrogen-bond donors (Lipinski definition) is 3. The molecule has 0 saturated carbocycles. The fourth-order valence-electron chi connectivity index (χ4n) is 3.24. The van der Waals surface area contributed by atoms with Crippen molar-refractivity contribution in [1.82, 2.24) is 15.5 Å². The van der Waals surface area contributed by atoms with Gasteiger partial charge in [0.1, 0.15) is 12.1 Å². The van der Waals surface area contributed by atoms with Crippen LogP contribution >= 0.6 is 0 Å². The van der Waals surface area contributed by atoms with Crippen LogP contribution in [0.4, 0.5) is 0 Å². The number of rotatable bonds is 9. The quantitative estimate of drug-likeness (QED) is 0.477. The van der Waals surface area contributed by atoms with Gasteiger partial charge in [-0.2, -0.15) is 0 Å². The van der Waals surface area contributed by atoms with Gasteiger partial charge in [-0.15, -0.1) is 0 Å². The summed E-state index contributed by atoms with van der Waals surface area (Å²) >= 11 is 0. The molecule has 5 atom stereocenters. The van der Waals surface area contributed by atoms with Crippen molar-refractivity contribution in [2.75, 3.05) is 13.1 Å². The number of hydrogen-bond acceptors (Lipinski definition) is 5. The number of aliphatic carboxylic acids is 1. The first kappa shape index (κ1) is 21.1. The van der Waals surface area contributed by atoms with E-state index in [1.807, 2.05) is 20.8 Å². The van der Waals surface area contributed by atoms with Crippen molar-refractivity contribution in [3.63, 3.8) is 0 Å². The maximum atomic E-state index is 12.9. The lowest BCUT2D eigenvalue weighted by Crippen LogP contribution is -2.55. The van der Waals surface area contributed by atoms with Crippen molar-refractivity contribution in [1.29, 1.82) is 0 Å². The Morgan fingerprint density at radius 2 is 1.85 bits per heavy atom. The van der Waals surface area contributed by atoms with Gasteiger partial charge < -0.3 is 25.4 Å². The maximum Gasteiger partial charge on any atom is 0.326 e. The van der Waals surface area contributed by atoms with Crippen LogP contribution in [0.2, 0.25) is 0 Å². The van der Waals surface area contributed by atoms with Crippen molar-refractivity contribution in [3.05, 3.63) is 0 Å². The molecule has 9 nitrogen and oxygen atoms in total. The summed E-state index contributed by atoms with van der Waals surface area (Å²) in [5.41, 5.74) is 0. The van der Waals surface area contributed by atoms with E-state index in [0.717, 1.165) is 6.42 Å². The number of nitrogens with one attached hydrogen (secondary N) is 2. The third-order valence-corrected chi connectivity index (χ3v) is 5.16. The van der Waals surface area contributed by atoms with Crippen LogP contribution < -0.4 is 10.6 Å². The summed E-state index contributed by atoms with van der Waals surface area (Å²) in [6.45, 7) is 6.51. The number of ether oxygens (including phenoxy) is 1. The van der Waals surface area contributed by atoms with Gasteiger partial charge in [-0.05, 0) is 25.2 Å². The molecule has 0 radical (unpaired) electrons. The average Bonchev–Trinajstić information content (AvgIpc) is 3.30. The largest absolute Gasteiger partial charge is 0.480 e. The van der Waals surface area contributed by atoms with Gasteiger partial charge in [0.15, 0.2) is 12.2 Å². The zero-order valence-corrected chi connectivity index (χ0v) is 16.1. The van der Waals surface area contributed by atoms with Gasteiger partial charge in [-0.1, -0.05) is 27.2 Å². The number of carbonyl (C=O) groups is 4. The van der Waals surface area contributed by atoms with E-state index in [2.05, 4.69) is 10.6 Å². The van der Waals surface area contributed by atoms with Gasteiger partial charge in [-0.25, -0.2) is 4.79 Å². The van der Waals surface area contributed by atoms with Crippen molar-refractivity contribution in [2.45, 2.75) is 70.7 Å². The number of carbonyl (C=O) groups excluding carboxylic acids is 3. The molecule has 2 heterocycles. The van der Waals surface area contributed by atoms with Crippen LogP contribution in [0.25, 0.3) is 0 Å². The second-order valence-electron chi connectivity index (χ2n) is 7.17. The van der Waals surface area contributed by atoms with E-state index in [9.17, 15) is 24.3 Å². The Morgan fingerprint density at radius 1 is 1.19 bits per heavy atom. The molecule has 0 aromatic heterocycles. The van der Waals surface area contributed by atoms with Crippen molar-refractivity contribution in [2.24, 2.45) is 5.92 Å². The number of nitrogens with zero attached hydrogens (tertiary/aromatic N) is 1. The van der Waals surface area contributed by atoms with Crippen LogP contribution in [0.1, 0.15) is 46.5 Å². The highest BCUT2D eigenvalue weighted by molar-refractivity contribution is 5.97. The number of carboxylic acid groups (broad SMARTS) is 1. The minimum atomic E-state index is -1.03. The second-order valence-corrected chi connectivity index (χ2v) is 7.17. The molecule has 27 heavy (non-hydrogen) atoms. The number of likely N-dealkylation sites (tertiary alicyclic amines) is 1. The highest BCUT2D eigenvalue weighted by atomic mass is 16.6. The van der Waals surface area contributed by atoms with E-state index in [4.69, 9.17) is 4.74 Å². The first-order valence-electron chi connectivity index (χ1n) is 9.58.